The minimum Gasteiger partial charge on any atom is -0.382 e. The molecule has 0 amide bonds. The van der Waals surface area contributed by atoms with Crippen LogP contribution in [0.25, 0.3) is 0 Å². The number of nitrogens with one attached hydrogen (secondary N) is 1. The maximum atomic E-state index is 6.11. The van der Waals surface area contributed by atoms with Crippen molar-refractivity contribution in [3.8, 4) is 0 Å². The predicted molar refractivity (Wildman–Crippen MR) is 80.0 cm³/mol. The molecule has 0 aliphatic heterocycles. The lowest BCUT2D eigenvalue weighted by atomic mass is 9.85. The number of methoxy groups -OCH3 is 1. The first-order chi connectivity index (χ1) is 9.85. The zero-order valence-corrected chi connectivity index (χ0v) is 13.1. The van der Waals surface area contributed by atoms with Crippen LogP contribution in [0.3, 0.4) is 0 Å². The van der Waals surface area contributed by atoms with Crippen LogP contribution in [0, 0.1) is 5.92 Å². The molecule has 3 unspecified atom stereocenters. The summed E-state index contributed by atoms with van der Waals surface area (Å²) < 4.78 is 17.1. The van der Waals surface area contributed by atoms with E-state index in [1.165, 1.54) is 25.7 Å². The van der Waals surface area contributed by atoms with Gasteiger partial charge < -0.3 is 19.5 Å². The highest BCUT2D eigenvalue weighted by Gasteiger charge is 2.42. The van der Waals surface area contributed by atoms with Crippen molar-refractivity contribution in [2.24, 2.45) is 5.92 Å². The molecule has 0 aromatic heterocycles. The fraction of sp³-hybridized carbons (Fsp3) is 1.00. The van der Waals surface area contributed by atoms with Crippen molar-refractivity contribution in [2.75, 3.05) is 33.5 Å². The van der Waals surface area contributed by atoms with Gasteiger partial charge in [-0.25, -0.2) is 0 Å². The molecule has 0 radical (unpaired) electrons. The van der Waals surface area contributed by atoms with E-state index in [-0.39, 0.29) is 12.2 Å². The third-order valence-electron chi connectivity index (χ3n) is 4.52. The molecule has 20 heavy (non-hydrogen) atoms. The second-order valence-corrected chi connectivity index (χ2v) is 6.15. The van der Waals surface area contributed by atoms with Crippen LogP contribution in [0.2, 0.25) is 0 Å². The fourth-order valence-corrected chi connectivity index (χ4v) is 3.20. The maximum absolute atomic E-state index is 6.11. The first-order valence-corrected chi connectivity index (χ1v) is 8.30. The Kier molecular flexibility index (Phi) is 7.28. The largest absolute Gasteiger partial charge is 0.382 e. The molecule has 1 N–H and O–H groups in total. The van der Waals surface area contributed by atoms with Crippen molar-refractivity contribution < 1.29 is 14.2 Å². The number of ether oxygens (including phenoxy) is 3. The molecule has 4 nitrogen and oxygen atoms in total. The zero-order valence-electron chi connectivity index (χ0n) is 13.1. The highest BCUT2D eigenvalue weighted by atomic mass is 16.6. The van der Waals surface area contributed by atoms with Crippen LogP contribution in [-0.4, -0.2) is 51.7 Å². The number of rotatable bonds is 10. The van der Waals surface area contributed by atoms with E-state index in [0.29, 0.717) is 19.3 Å². The van der Waals surface area contributed by atoms with Gasteiger partial charge in [0.1, 0.15) is 0 Å². The van der Waals surface area contributed by atoms with Gasteiger partial charge in [0, 0.05) is 19.8 Å². The van der Waals surface area contributed by atoms with E-state index in [0.717, 1.165) is 31.9 Å². The molecule has 0 saturated heterocycles. The first-order valence-electron chi connectivity index (χ1n) is 8.30. The lowest BCUT2D eigenvalue weighted by Crippen LogP contribution is -2.60. The van der Waals surface area contributed by atoms with Crippen LogP contribution in [0.1, 0.15) is 45.4 Å². The maximum Gasteiger partial charge on any atom is 0.0991 e. The second kappa shape index (κ2) is 8.98. The van der Waals surface area contributed by atoms with E-state index in [1.807, 2.05) is 0 Å². The van der Waals surface area contributed by atoms with Gasteiger partial charge in [-0.1, -0.05) is 19.8 Å². The van der Waals surface area contributed by atoms with Crippen LogP contribution in [0.5, 0.6) is 0 Å². The molecule has 2 fully saturated rings. The minimum atomic E-state index is 0.207. The Bertz CT molecular complexity index is 256. The van der Waals surface area contributed by atoms with Gasteiger partial charge in [-0.2, -0.15) is 0 Å². The first kappa shape index (κ1) is 16.2. The summed E-state index contributed by atoms with van der Waals surface area (Å²) in [5.74, 6) is 0.789. The Morgan fingerprint density at radius 3 is 2.60 bits per heavy atom. The molecule has 0 spiro atoms. The lowest BCUT2D eigenvalue weighted by molar-refractivity contribution is -0.156. The standard InChI is InChI=1S/C16H31NO3/c1-3-8-17-14-11-15(16(14)19-10-9-18-2)20-12-13-6-4-5-7-13/h13-17H,3-12H2,1-2H3. The summed E-state index contributed by atoms with van der Waals surface area (Å²) in [5, 5.41) is 3.56. The van der Waals surface area contributed by atoms with Crippen molar-refractivity contribution in [1.82, 2.24) is 5.32 Å². The van der Waals surface area contributed by atoms with Gasteiger partial charge in [-0.15, -0.1) is 0 Å². The molecular weight excluding hydrogens is 254 g/mol. The monoisotopic (exact) mass is 285 g/mol. The van der Waals surface area contributed by atoms with Crippen molar-refractivity contribution in [3.05, 3.63) is 0 Å². The van der Waals surface area contributed by atoms with Crippen molar-refractivity contribution in [2.45, 2.75) is 63.7 Å². The van der Waals surface area contributed by atoms with Crippen molar-refractivity contribution >= 4 is 0 Å². The molecule has 4 heteroatoms. The quantitative estimate of drug-likeness (QED) is 0.626. The predicted octanol–water partition coefficient (Wildman–Crippen LogP) is 2.37. The third-order valence-corrected chi connectivity index (χ3v) is 4.52. The van der Waals surface area contributed by atoms with E-state index in [4.69, 9.17) is 14.2 Å². The highest BCUT2D eigenvalue weighted by molar-refractivity contribution is 4.97. The van der Waals surface area contributed by atoms with Crippen molar-refractivity contribution in [3.63, 3.8) is 0 Å². The summed E-state index contributed by atoms with van der Waals surface area (Å²) >= 11 is 0. The van der Waals surface area contributed by atoms with Gasteiger partial charge in [0.15, 0.2) is 0 Å². The Morgan fingerprint density at radius 1 is 1.10 bits per heavy atom. The van der Waals surface area contributed by atoms with Gasteiger partial charge in [0.2, 0.25) is 0 Å². The van der Waals surface area contributed by atoms with Gasteiger partial charge in [0.05, 0.1) is 25.4 Å². The number of hydrogen-bond donors (Lipinski definition) is 1. The molecule has 2 aliphatic carbocycles. The van der Waals surface area contributed by atoms with Gasteiger partial charge in [0.25, 0.3) is 0 Å². The minimum absolute atomic E-state index is 0.207. The average molecular weight is 285 g/mol. The van der Waals surface area contributed by atoms with Crippen LogP contribution in [0.15, 0.2) is 0 Å². The van der Waals surface area contributed by atoms with Crippen LogP contribution in [-0.2, 0) is 14.2 Å². The Morgan fingerprint density at radius 2 is 1.90 bits per heavy atom. The van der Waals surface area contributed by atoms with Gasteiger partial charge in [-0.3, -0.25) is 0 Å². The van der Waals surface area contributed by atoms with Crippen LogP contribution >= 0.6 is 0 Å². The summed E-state index contributed by atoms with van der Waals surface area (Å²) in [5.41, 5.74) is 0. The van der Waals surface area contributed by atoms with Crippen LogP contribution < -0.4 is 5.32 Å². The van der Waals surface area contributed by atoms with Crippen LogP contribution in [0.4, 0.5) is 0 Å². The van der Waals surface area contributed by atoms with E-state index >= 15 is 0 Å². The normalized spacial score (nSPS) is 30.6. The summed E-state index contributed by atoms with van der Waals surface area (Å²) in [4.78, 5) is 0. The topological polar surface area (TPSA) is 39.7 Å². The fourth-order valence-electron chi connectivity index (χ4n) is 3.20. The summed E-state index contributed by atoms with van der Waals surface area (Å²) in [6, 6.07) is 0.459. The Hall–Kier alpha value is -0.160. The summed E-state index contributed by atoms with van der Waals surface area (Å²) in [7, 11) is 1.71. The molecule has 0 aromatic carbocycles. The Labute approximate surface area is 123 Å². The molecule has 0 aromatic rings. The third kappa shape index (κ3) is 4.69. The molecule has 118 valence electrons. The second-order valence-electron chi connectivity index (χ2n) is 6.15. The SMILES string of the molecule is CCCNC1CC(OCC2CCCC2)C1OCCOC. The van der Waals surface area contributed by atoms with Gasteiger partial charge in [-0.05, 0) is 38.1 Å². The van der Waals surface area contributed by atoms with Crippen molar-refractivity contribution in [1.29, 1.82) is 0 Å². The zero-order chi connectivity index (χ0) is 14.2. The van der Waals surface area contributed by atoms with E-state index in [2.05, 4.69) is 12.2 Å². The molecule has 3 atom stereocenters. The molecule has 0 heterocycles. The lowest BCUT2D eigenvalue weighted by Gasteiger charge is -2.44. The van der Waals surface area contributed by atoms with Gasteiger partial charge >= 0.3 is 0 Å². The average Bonchev–Trinajstić information content (AvgIpc) is 2.95. The molecule has 2 rings (SSSR count). The number of hydrogen-bond acceptors (Lipinski definition) is 4. The molecule has 0 bridgehead atoms. The highest BCUT2D eigenvalue weighted by Crippen LogP contribution is 2.30. The van der Waals surface area contributed by atoms with E-state index in [9.17, 15) is 0 Å². The summed E-state index contributed by atoms with van der Waals surface area (Å²) in [6.07, 6.45) is 8.19. The molecule has 2 aliphatic rings. The van der Waals surface area contributed by atoms with E-state index in [1.54, 1.807) is 7.11 Å². The molecule has 2 saturated carbocycles. The van der Waals surface area contributed by atoms with E-state index < -0.39 is 0 Å². The molecular formula is C16H31NO3. The Balaban J connectivity index is 1.69. The summed E-state index contributed by atoms with van der Waals surface area (Å²) in [6.45, 7) is 5.50. The smallest absolute Gasteiger partial charge is 0.0991 e.